The minimum atomic E-state index is -0.677. The molecule has 1 aliphatic carbocycles. The van der Waals surface area contributed by atoms with Crippen LogP contribution in [0.4, 0.5) is 17.1 Å². The highest BCUT2D eigenvalue weighted by atomic mass is 32.1. The van der Waals surface area contributed by atoms with E-state index in [4.69, 9.17) is 0 Å². The Morgan fingerprint density at radius 1 is 1.29 bits per heavy atom. The number of thiazole rings is 1. The summed E-state index contributed by atoms with van der Waals surface area (Å²) in [5, 5.41) is 17.8. The van der Waals surface area contributed by atoms with E-state index in [1.807, 2.05) is 13.8 Å². The lowest BCUT2D eigenvalue weighted by atomic mass is 9.74. The third kappa shape index (κ3) is 4.06. The standard InChI is InChI=1S/C24H29N5O4S/c1-6-11-29(5)23(33)17-18(30)13(8-10-25-17)27-15-16(20(32)19(15)31)28-22-21-14(26-12(2)34-21)7-9-24(22,3)4/h8,10,22,28,30H,6-7,9,11H2,1-5H3,(H,25,27). The number of carbonyl (C=O) groups excluding carboxylic acids is 1. The van der Waals surface area contributed by atoms with Crippen molar-refractivity contribution in [2.45, 2.75) is 53.0 Å². The highest BCUT2D eigenvalue weighted by Gasteiger charge is 2.40. The quantitative estimate of drug-likeness (QED) is 0.436. The molecule has 2 heterocycles. The van der Waals surface area contributed by atoms with Gasteiger partial charge in [0.2, 0.25) is 0 Å². The molecule has 0 bridgehead atoms. The van der Waals surface area contributed by atoms with Crippen molar-refractivity contribution in [3.8, 4) is 5.75 Å². The van der Waals surface area contributed by atoms with Crippen LogP contribution in [0.25, 0.3) is 0 Å². The average molecular weight is 484 g/mol. The van der Waals surface area contributed by atoms with Crippen LogP contribution in [0.2, 0.25) is 0 Å². The summed E-state index contributed by atoms with van der Waals surface area (Å²) in [7, 11) is 1.63. The highest BCUT2D eigenvalue weighted by molar-refractivity contribution is 7.11. The fourth-order valence-corrected chi connectivity index (χ4v) is 5.58. The number of amides is 1. The minimum Gasteiger partial charge on any atom is -0.504 e. The number of nitrogens with zero attached hydrogens (tertiary/aromatic N) is 3. The molecule has 34 heavy (non-hydrogen) atoms. The molecule has 1 aromatic carbocycles. The van der Waals surface area contributed by atoms with Gasteiger partial charge in [-0.1, -0.05) is 20.8 Å². The Morgan fingerprint density at radius 3 is 2.71 bits per heavy atom. The Morgan fingerprint density at radius 2 is 2.00 bits per heavy atom. The van der Waals surface area contributed by atoms with E-state index in [1.165, 1.54) is 17.2 Å². The first kappa shape index (κ1) is 23.9. The van der Waals surface area contributed by atoms with E-state index in [-0.39, 0.29) is 40.0 Å². The summed E-state index contributed by atoms with van der Waals surface area (Å²) in [4.78, 5) is 48.8. The second-order valence-corrected chi connectivity index (χ2v) is 10.7. The lowest BCUT2D eigenvalue weighted by molar-refractivity contribution is 0.0786. The Hall–Kier alpha value is -3.27. The normalized spacial score (nSPS) is 16.8. The number of fused-ring (bicyclic) bond motifs is 1. The van der Waals surface area contributed by atoms with Crippen LogP contribution in [0.15, 0.2) is 21.9 Å². The molecule has 3 N–H and O–H groups in total. The van der Waals surface area contributed by atoms with Crippen LogP contribution in [0.5, 0.6) is 5.75 Å². The van der Waals surface area contributed by atoms with Gasteiger partial charge in [-0.05, 0) is 37.7 Å². The smallest absolute Gasteiger partial charge is 0.276 e. The number of hydrogen-bond acceptors (Lipinski definition) is 9. The van der Waals surface area contributed by atoms with Gasteiger partial charge in [0.15, 0.2) is 11.4 Å². The number of carbonyl (C=O) groups is 1. The van der Waals surface area contributed by atoms with E-state index in [1.54, 1.807) is 18.4 Å². The maximum Gasteiger partial charge on any atom is 0.276 e. The van der Waals surface area contributed by atoms with Gasteiger partial charge < -0.3 is 20.6 Å². The minimum absolute atomic E-state index is 0.0657. The lowest BCUT2D eigenvalue weighted by Gasteiger charge is -2.39. The first-order chi connectivity index (χ1) is 16.0. The summed E-state index contributed by atoms with van der Waals surface area (Å²) in [6.45, 7) is 8.67. The van der Waals surface area contributed by atoms with Crippen molar-refractivity contribution in [2.75, 3.05) is 24.2 Å². The third-order valence-electron chi connectivity index (χ3n) is 6.38. The molecule has 4 rings (SSSR count). The fourth-order valence-electron chi connectivity index (χ4n) is 4.35. The molecule has 1 aliphatic rings. The van der Waals surface area contributed by atoms with Gasteiger partial charge in [0.05, 0.1) is 27.3 Å². The molecule has 0 fully saturated rings. The number of hydrogen-bond donors (Lipinski definition) is 3. The topological polar surface area (TPSA) is 125 Å². The zero-order valence-corrected chi connectivity index (χ0v) is 20.8. The van der Waals surface area contributed by atoms with Crippen molar-refractivity contribution in [3.63, 3.8) is 0 Å². The second kappa shape index (κ2) is 8.83. The summed E-state index contributed by atoms with van der Waals surface area (Å²) >= 11 is 1.60. The first-order valence-electron chi connectivity index (χ1n) is 11.3. The van der Waals surface area contributed by atoms with Crippen molar-refractivity contribution < 1.29 is 9.90 Å². The van der Waals surface area contributed by atoms with E-state index < -0.39 is 16.8 Å². The molecule has 10 heteroatoms. The van der Waals surface area contributed by atoms with Crippen molar-refractivity contribution in [3.05, 3.63) is 54.0 Å². The van der Waals surface area contributed by atoms with Crippen LogP contribution in [0, 0.1) is 12.3 Å². The molecule has 180 valence electrons. The van der Waals surface area contributed by atoms with Crippen LogP contribution in [0.1, 0.15) is 65.7 Å². The number of aromatic hydroxyl groups is 1. The van der Waals surface area contributed by atoms with E-state index in [9.17, 15) is 19.5 Å². The molecule has 0 aliphatic heterocycles. The molecule has 0 saturated heterocycles. The molecule has 1 atom stereocenters. The predicted octanol–water partition coefficient (Wildman–Crippen LogP) is 3.50. The van der Waals surface area contributed by atoms with Crippen molar-refractivity contribution in [1.82, 2.24) is 14.9 Å². The van der Waals surface area contributed by atoms with Gasteiger partial charge in [0, 0.05) is 19.8 Å². The summed E-state index contributed by atoms with van der Waals surface area (Å²) in [6, 6.07) is 1.28. The van der Waals surface area contributed by atoms with Crippen LogP contribution in [0.3, 0.4) is 0 Å². The van der Waals surface area contributed by atoms with Crippen LogP contribution >= 0.6 is 11.3 Å². The van der Waals surface area contributed by atoms with Crippen molar-refractivity contribution in [1.29, 1.82) is 0 Å². The van der Waals surface area contributed by atoms with Crippen LogP contribution in [-0.4, -0.2) is 39.5 Å². The number of rotatable bonds is 7. The van der Waals surface area contributed by atoms with E-state index in [0.717, 1.165) is 34.8 Å². The predicted molar refractivity (Wildman–Crippen MR) is 133 cm³/mol. The SMILES string of the molecule is CCCN(C)C(=O)c1nccc(Nc2c(NC3c4sc(C)nc4CCC3(C)C)c(=O)c2=O)c1O. The molecular formula is C24H29N5O4S. The van der Waals surface area contributed by atoms with Gasteiger partial charge in [0.1, 0.15) is 11.4 Å². The van der Waals surface area contributed by atoms with E-state index in [0.29, 0.717) is 6.54 Å². The molecule has 3 aromatic rings. The molecule has 0 saturated carbocycles. The van der Waals surface area contributed by atoms with Gasteiger partial charge in [0.25, 0.3) is 16.8 Å². The van der Waals surface area contributed by atoms with Crippen molar-refractivity contribution >= 4 is 34.3 Å². The number of anilines is 3. The lowest BCUT2D eigenvalue weighted by Crippen LogP contribution is -2.41. The average Bonchev–Trinajstić information content (AvgIpc) is 3.17. The fraction of sp³-hybridized carbons (Fsp3) is 0.458. The molecule has 1 unspecified atom stereocenters. The third-order valence-corrected chi connectivity index (χ3v) is 7.45. The summed E-state index contributed by atoms with van der Waals surface area (Å²) in [6.07, 6.45) is 3.90. The molecule has 9 nitrogen and oxygen atoms in total. The molecule has 0 spiro atoms. The Kier molecular flexibility index (Phi) is 6.20. The molecule has 2 aromatic heterocycles. The monoisotopic (exact) mass is 483 g/mol. The maximum atomic E-state index is 12.6. The zero-order valence-electron chi connectivity index (χ0n) is 20.0. The summed E-state index contributed by atoms with van der Waals surface area (Å²) in [5.74, 6) is -0.795. The second-order valence-electron chi connectivity index (χ2n) is 9.43. The van der Waals surface area contributed by atoms with Crippen molar-refractivity contribution in [2.24, 2.45) is 5.41 Å². The zero-order chi connectivity index (χ0) is 24.8. The van der Waals surface area contributed by atoms with E-state index >= 15 is 0 Å². The summed E-state index contributed by atoms with van der Waals surface area (Å²) in [5.41, 5.74) is -0.166. The first-order valence-corrected chi connectivity index (χ1v) is 12.1. The molecule has 1 amide bonds. The van der Waals surface area contributed by atoms with Gasteiger partial charge in [-0.15, -0.1) is 11.3 Å². The van der Waals surface area contributed by atoms with Gasteiger partial charge in [-0.25, -0.2) is 9.97 Å². The molecule has 0 radical (unpaired) electrons. The van der Waals surface area contributed by atoms with Gasteiger partial charge in [-0.2, -0.15) is 0 Å². The van der Waals surface area contributed by atoms with Gasteiger partial charge >= 0.3 is 0 Å². The molecular weight excluding hydrogens is 454 g/mol. The largest absolute Gasteiger partial charge is 0.504 e. The van der Waals surface area contributed by atoms with Crippen LogP contribution in [-0.2, 0) is 6.42 Å². The van der Waals surface area contributed by atoms with Crippen LogP contribution < -0.4 is 21.5 Å². The number of nitrogens with one attached hydrogen (secondary N) is 2. The Balaban J connectivity index is 1.65. The number of pyridine rings is 1. The highest BCUT2D eigenvalue weighted by Crippen LogP contribution is 2.47. The number of aryl methyl sites for hydroxylation is 2. The summed E-state index contributed by atoms with van der Waals surface area (Å²) < 4.78 is 0. The Bertz CT molecular complexity index is 1320. The van der Waals surface area contributed by atoms with E-state index in [2.05, 4.69) is 34.4 Å². The number of aromatic nitrogens is 2. The maximum absolute atomic E-state index is 12.6. The Labute approximate surface area is 201 Å². The van der Waals surface area contributed by atoms with Gasteiger partial charge in [-0.3, -0.25) is 14.4 Å².